The van der Waals surface area contributed by atoms with Gasteiger partial charge in [-0.15, -0.1) is 0 Å². The zero-order valence-corrected chi connectivity index (χ0v) is 9.85. The van der Waals surface area contributed by atoms with Crippen LogP contribution >= 0.6 is 0 Å². The molecule has 4 nitrogen and oxygen atoms in total. The van der Waals surface area contributed by atoms with Crippen LogP contribution in [0.3, 0.4) is 0 Å². The molecule has 2 N–H and O–H groups in total. The Morgan fingerprint density at radius 2 is 1.80 bits per heavy atom. The quantitative estimate of drug-likeness (QED) is 0.740. The lowest BCUT2D eigenvalue weighted by molar-refractivity contribution is 0.376. The van der Waals surface area contributed by atoms with E-state index in [2.05, 4.69) is 10.0 Å². The lowest BCUT2D eigenvalue weighted by Crippen LogP contribution is -2.57. The maximum Gasteiger partial charge on any atom is 0.212 e. The van der Waals surface area contributed by atoms with Crippen molar-refractivity contribution in [2.75, 3.05) is 18.8 Å². The highest BCUT2D eigenvalue weighted by molar-refractivity contribution is 7.89. The summed E-state index contributed by atoms with van der Waals surface area (Å²) < 4.78 is 26.3. The van der Waals surface area contributed by atoms with E-state index in [1.54, 1.807) is 0 Å². The molecule has 2 rings (SSSR count). The van der Waals surface area contributed by atoms with Crippen LogP contribution in [-0.2, 0) is 10.0 Å². The van der Waals surface area contributed by atoms with Crippen LogP contribution in [0, 0.1) is 5.92 Å². The molecule has 0 atom stereocenters. The van der Waals surface area contributed by atoms with Gasteiger partial charge in [0.2, 0.25) is 10.0 Å². The summed E-state index contributed by atoms with van der Waals surface area (Å²) in [6.07, 6.45) is 5.85. The Bertz CT molecular complexity index is 293. The second-order valence-electron chi connectivity index (χ2n) is 4.76. The van der Waals surface area contributed by atoms with Gasteiger partial charge < -0.3 is 5.32 Å². The summed E-state index contributed by atoms with van der Waals surface area (Å²) >= 11 is 0. The highest BCUT2D eigenvalue weighted by Gasteiger charge is 2.26. The van der Waals surface area contributed by atoms with E-state index >= 15 is 0 Å². The van der Waals surface area contributed by atoms with E-state index in [4.69, 9.17) is 0 Å². The molecule has 1 aliphatic carbocycles. The molecule has 0 aromatic carbocycles. The molecule has 2 fully saturated rings. The van der Waals surface area contributed by atoms with E-state index in [0.29, 0.717) is 11.7 Å². The van der Waals surface area contributed by atoms with E-state index in [0.717, 1.165) is 25.9 Å². The lowest BCUT2D eigenvalue weighted by atomic mass is 9.91. The normalized spacial score (nSPS) is 25.1. The van der Waals surface area contributed by atoms with Gasteiger partial charge in [0.15, 0.2) is 0 Å². The SMILES string of the molecule is O=S(=O)(CC1CCCCC1)NC1CNC1. The number of sulfonamides is 1. The predicted molar refractivity (Wildman–Crippen MR) is 60.2 cm³/mol. The van der Waals surface area contributed by atoms with Crippen LogP contribution in [0.5, 0.6) is 0 Å². The molecular weight excluding hydrogens is 212 g/mol. The molecule has 0 radical (unpaired) electrons. The van der Waals surface area contributed by atoms with Gasteiger partial charge in [0, 0.05) is 19.1 Å². The Hall–Kier alpha value is -0.130. The Labute approximate surface area is 91.9 Å². The van der Waals surface area contributed by atoms with E-state index in [9.17, 15) is 8.42 Å². The highest BCUT2D eigenvalue weighted by Crippen LogP contribution is 2.24. The first kappa shape index (κ1) is 11.4. The largest absolute Gasteiger partial charge is 0.313 e. The second kappa shape index (κ2) is 4.80. The van der Waals surface area contributed by atoms with Gasteiger partial charge in [0.1, 0.15) is 0 Å². The van der Waals surface area contributed by atoms with Crippen molar-refractivity contribution < 1.29 is 8.42 Å². The molecule has 0 amide bonds. The van der Waals surface area contributed by atoms with Crippen molar-refractivity contribution in [3.05, 3.63) is 0 Å². The van der Waals surface area contributed by atoms with Gasteiger partial charge >= 0.3 is 0 Å². The first-order valence-electron chi connectivity index (χ1n) is 5.86. The molecule has 0 aromatic rings. The van der Waals surface area contributed by atoms with Crippen molar-refractivity contribution in [1.29, 1.82) is 0 Å². The maximum atomic E-state index is 11.8. The fourth-order valence-electron chi connectivity index (χ4n) is 2.34. The van der Waals surface area contributed by atoms with Crippen molar-refractivity contribution >= 4 is 10.0 Å². The average Bonchev–Trinajstić information content (AvgIpc) is 2.13. The molecular formula is C10H20N2O2S. The van der Waals surface area contributed by atoms with Gasteiger partial charge in [0.25, 0.3) is 0 Å². The van der Waals surface area contributed by atoms with E-state index in [1.165, 1.54) is 19.3 Å². The minimum atomic E-state index is -3.03. The van der Waals surface area contributed by atoms with Gasteiger partial charge in [-0.1, -0.05) is 19.3 Å². The molecule has 1 saturated carbocycles. The summed E-state index contributed by atoms with van der Waals surface area (Å²) in [5, 5.41) is 3.06. The van der Waals surface area contributed by atoms with Crippen LogP contribution in [0.15, 0.2) is 0 Å². The molecule has 5 heteroatoms. The van der Waals surface area contributed by atoms with Crippen LogP contribution in [0.2, 0.25) is 0 Å². The Morgan fingerprint density at radius 3 is 2.33 bits per heavy atom. The van der Waals surface area contributed by atoms with Crippen LogP contribution < -0.4 is 10.0 Å². The molecule has 1 heterocycles. The van der Waals surface area contributed by atoms with E-state index < -0.39 is 10.0 Å². The number of hydrogen-bond donors (Lipinski definition) is 2. The van der Waals surface area contributed by atoms with Gasteiger partial charge in [-0.25, -0.2) is 13.1 Å². The van der Waals surface area contributed by atoms with E-state index in [1.807, 2.05) is 0 Å². The smallest absolute Gasteiger partial charge is 0.212 e. The Morgan fingerprint density at radius 1 is 1.13 bits per heavy atom. The van der Waals surface area contributed by atoms with Crippen molar-refractivity contribution in [2.45, 2.75) is 38.1 Å². The van der Waals surface area contributed by atoms with Crippen LogP contribution in [0.4, 0.5) is 0 Å². The zero-order valence-electron chi connectivity index (χ0n) is 9.04. The highest BCUT2D eigenvalue weighted by atomic mass is 32.2. The third-order valence-corrected chi connectivity index (χ3v) is 4.91. The summed E-state index contributed by atoms with van der Waals surface area (Å²) in [5.41, 5.74) is 0. The molecule has 15 heavy (non-hydrogen) atoms. The monoisotopic (exact) mass is 232 g/mol. The van der Waals surface area contributed by atoms with Crippen LogP contribution in [-0.4, -0.2) is 33.3 Å². The van der Waals surface area contributed by atoms with Crippen LogP contribution in [0.25, 0.3) is 0 Å². The van der Waals surface area contributed by atoms with Gasteiger partial charge in [-0.2, -0.15) is 0 Å². The van der Waals surface area contributed by atoms with Crippen molar-refractivity contribution in [3.63, 3.8) is 0 Å². The van der Waals surface area contributed by atoms with E-state index in [-0.39, 0.29) is 6.04 Å². The minimum absolute atomic E-state index is 0.138. The van der Waals surface area contributed by atoms with Gasteiger partial charge in [-0.05, 0) is 18.8 Å². The summed E-state index contributed by atoms with van der Waals surface area (Å²) in [6.45, 7) is 1.56. The first-order chi connectivity index (χ1) is 7.16. The van der Waals surface area contributed by atoms with Gasteiger partial charge in [0.05, 0.1) is 5.75 Å². The summed E-state index contributed by atoms with van der Waals surface area (Å²) in [7, 11) is -3.03. The number of nitrogens with one attached hydrogen (secondary N) is 2. The van der Waals surface area contributed by atoms with Crippen molar-refractivity contribution in [1.82, 2.24) is 10.0 Å². The standard InChI is InChI=1S/C10H20N2O2S/c13-15(14,12-10-6-11-7-10)8-9-4-2-1-3-5-9/h9-12H,1-8H2. The Balaban J connectivity index is 1.80. The summed E-state index contributed by atoms with van der Waals surface area (Å²) in [4.78, 5) is 0. The zero-order chi connectivity index (χ0) is 10.7. The fraction of sp³-hybridized carbons (Fsp3) is 1.00. The maximum absolute atomic E-state index is 11.8. The lowest BCUT2D eigenvalue weighted by Gasteiger charge is -2.29. The van der Waals surface area contributed by atoms with Gasteiger partial charge in [-0.3, -0.25) is 0 Å². The first-order valence-corrected chi connectivity index (χ1v) is 7.52. The molecule has 2 aliphatic rings. The Kier molecular flexibility index (Phi) is 3.64. The second-order valence-corrected chi connectivity index (χ2v) is 6.56. The fourth-order valence-corrected chi connectivity index (χ4v) is 4.06. The summed E-state index contributed by atoms with van der Waals surface area (Å²) in [6, 6.07) is 0.138. The molecule has 0 aromatic heterocycles. The third kappa shape index (κ3) is 3.43. The third-order valence-electron chi connectivity index (χ3n) is 3.31. The molecule has 88 valence electrons. The number of rotatable bonds is 4. The molecule has 0 spiro atoms. The van der Waals surface area contributed by atoms with Crippen molar-refractivity contribution in [2.24, 2.45) is 5.92 Å². The molecule has 1 saturated heterocycles. The molecule has 1 aliphatic heterocycles. The number of hydrogen-bond acceptors (Lipinski definition) is 3. The minimum Gasteiger partial charge on any atom is -0.313 e. The molecule has 0 unspecified atom stereocenters. The van der Waals surface area contributed by atoms with Crippen molar-refractivity contribution in [3.8, 4) is 0 Å². The predicted octanol–water partition coefficient (Wildman–Crippen LogP) is 0.458. The topological polar surface area (TPSA) is 58.2 Å². The summed E-state index contributed by atoms with van der Waals surface area (Å²) in [5.74, 6) is 0.730. The average molecular weight is 232 g/mol. The van der Waals surface area contributed by atoms with Crippen LogP contribution in [0.1, 0.15) is 32.1 Å². The molecule has 0 bridgehead atoms.